The van der Waals surface area contributed by atoms with Crippen LogP contribution >= 0.6 is 22.9 Å². The molecule has 0 radical (unpaired) electrons. The average molecular weight is 441 g/mol. The van der Waals surface area contributed by atoms with E-state index in [0.29, 0.717) is 27.3 Å². The summed E-state index contributed by atoms with van der Waals surface area (Å²) in [6.07, 6.45) is 3.28. The van der Waals surface area contributed by atoms with E-state index >= 15 is 0 Å². The number of hydrogen-bond acceptors (Lipinski definition) is 6. The van der Waals surface area contributed by atoms with E-state index in [0.717, 1.165) is 22.2 Å². The van der Waals surface area contributed by atoms with Gasteiger partial charge < -0.3 is 14.8 Å². The van der Waals surface area contributed by atoms with Gasteiger partial charge in [0.2, 0.25) is 0 Å². The summed E-state index contributed by atoms with van der Waals surface area (Å²) in [6.45, 7) is 1.96. The van der Waals surface area contributed by atoms with Crippen LogP contribution in [0.2, 0.25) is 5.02 Å². The summed E-state index contributed by atoms with van der Waals surface area (Å²) < 4.78 is 11.4. The largest absolute Gasteiger partial charge is 0.496 e. The zero-order valence-corrected chi connectivity index (χ0v) is 17.7. The average Bonchev–Trinajstić information content (AvgIpc) is 3.23. The summed E-state index contributed by atoms with van der Waals surface area (Å²) in [5.74, 6) is 1.94. The van der Waals surface area contributed by atoms with Crippen LogP contribution in [-0.2, 0) is 0 Å². The molecule has 0 spiro atoms. The zero-order chi connectivity index (χ0) is 21.1. The Morgan fingerprint density at radius 1 is 1.07 bits per heavy atom. The van der Waals surface area contributed by atoms with Crippen molar-refractivity contribution < 1.29 is 14.3 Å². The molecule has 0 bridgehead atoms. The van der Waals surface area contributed by atoms with Crippen LogP contribution in [0.15, 0.2) is 54.2 Å². The molecule has 7 nitrogen and oxygen atoms in total. The predicted octanol–water partition coefficient (Wildman–Crippen LogP) is 6.10. The first-order chi connectivity index (χ1) is 14.5. The predicted molar refractivity (Wildman–Crippen MR) is 119 cm³/mol. The van der Waals surface area contributed by atoms with Crippen LogP contribution in [0.1, 0.15) is 5.56 Å². The van der Waals surface area contributed by atoms with E-state index in [1.54, 1.807) is 49.1 Å². The van der Waals surface area contributed by atoms with Crippen molar-refractivity contribution in [2.45, 2.75) is 6.92 Å². The number of ether oxygens (including phenoxy) is 2. The van der Waals surface area contributed by atoms with Crippen LogP contribution in [0.5, 0.6) is 17.2 Å². The van der Waals surface area contributed by atoms with Crippen molar-refractivity contribution in [1.29, 1.82) is 0 Å². The second kappa shape index (κ2) is 8.56. The molecule has 0 fully saturated rings. The summed E-state index contributed by atoms with van der Waals surface area (Å²) in [5.41, 5.74) is 2.20. The van der Waals surface area contributed by atoms with Crippen molar-refractivity contribution in [2.75, 3.05) is 17.7 Å². The number of aromatic nitrogens is 2. The third-order valence-corrected chi connectivity index (χ3v) is 5.29. The number of urea groups is 1. The van der Waals surface area contributed by atoms with Gasteiger partial charge in [-0.1, -0.05) is 11.6 Å². The normalized spacial score (nSPS) is 10.6. The van der Waals surface area contributed by atoms with Crippen molar-refractivity contribution in [3.8, 4) is 17.2 Å². The van der Waals surface area contributed by atoms with E-state index in [-0.39, 0.29) is 0 Å². The minimum atomic E-state index is -0.426. The Morgan fingerprint density at radius 3 is 2.67 bits per heavy atom. The number of anilines is 2. The lowest BCUT2D eigenvalue weighted by Crippen LogP contribution is -2.19. The number of carbonyl (C=O) groups excluding carboxylic acids is 1. The van der Waals surface area contributed by atoms with Gasteiger partial charge in [-0.3, -0.25) is 10.3 Å². The molecule has 0 saturated carbocycles. The van der Waals surface area contributed by atoms with Gasteiger partial charge in [0, 0.05) is 35.3 Å². The maximum atomic E-state index is 12.1. The summed E-state index contributed by atoms with van der Waals surface area (Å²) in [6, 6.07) is 10.3. The van der Waals surface area contributed by atoms with Gasteiger partial charge in [0.25, 0.3) is 0 Å². The first-order valence-corrected chi connectivity index (χ1v) is 10.2. The molecule has 2 heterocycles. The minimum Gasteiger partial charge on any atom is -0.496 e. The number of thiazole rings is 1. The van der Waals surface area contributed by atoms with Crippen molar-refractivity contribution in [2.24, 2.45) is 0 Å². The monoisotopic (exact) mass is 440 g/mol. The summed E-state index contributed by atoms with van der Waals surface area (Å²) in [7, 11) is 1.63. The fourth-order valence-electron chi connectivity index (χ4n) is 2.89. The fourth-order valence-corrected chi connectivity index (χ4v) is 3.63. The molecule has 0 saturated heterocycles. The molecule has 0 aliphatic carbocycles. The quantitative estimate of drug-likeness (QED) is 0.391. The number of pyridine rings is 1. The Balaban J connectivity index is 1.54. The second-order valence-corrected chi connectivity index (χ2v) is 7.61. The molecule has 0 aliphatic heterocycles. The minimum absolute atomic E-state index is 0.345. The van der Waals surface area contributed by atoms with Crippen molar-refractivity contribution >= 4 is 50.7 Å². The first kappa shape index (κ1) is 19.9. The molecule has 9 heteroatoms. The van der Waals surface area contributed by atoms with Gasteiger partial charge in [0.1, 0.15) is 17.2 Å². The molecule has 4 aromatic rings. The van der Waals surface area contributed by atoms with Crippen molar-refractivity contribution in [3.05, 3.63) is 64.8 Å². The van der Waals surface area contributed by atoms with Crippen LogP contribution in [0.25, 0.3) is 10.9 Å². The highest BCUT2D eigenvalue weighted by Crippen LogP contribution is 2.35. The van der Waals surface area contributed by atoms with Crippen molar-refractivity contribution in [1.82, 2.24) is 9.97 Å². The number of hydrogen-bond donors (Lipinski definition) is 2. The molecule has 152 valence electrons. The highest BCUT2D eigenvalue weighted by molar-refractivity contribution is 7.13. The Morgan fingerprint density at radius 2 is 1.93 bits per heavy atom. The SMILES string of the molecule is COc1cc2nccc(Oc3ccc(NC(=O)Nc4nccs4)c(Cl)c3)c2cc1C. The molecule has 0 aliphatic rings. The third kappa shape index (κ3) is 4.29. The van der Waals surface area contributed by atoms with Gasteiger partial charge in [-0.05, 0) is 36.8 Å². The zero-order valence-electron chi connectivity index (χ0n) is 16.1. The lowest BCUT2D eigenvalue weighted by Gasteiger charge is -2.13. The van der Waals surface area contributed by atoms with Gasteiger partial charge in [-0.25, -0.2) is 9.78 Å². The number of methoxy groups -OCH3 is 1. The summed E-state index contributed by atoms with van der Waals surface area (Å²) in [5, 5.41) is 8.81. The lowest BCUT2D eigenvalue weighted by molar-refractivity contribution is 0.262. The molecule has 2 aromatic carbocycles. The topological polar surface area (TPSA) is 85.4 Å². The van der Waals surface area contributed by atoms with Crippen LogP contribution < -0.4 is 20.1 Å². The molecule has 2 N–H and O–H groups in total. The second-order valence-electron chi connectivity index (χ2n) is 6.31. The van der Waals surface area contributed by atoms with Crippen LogP contribution in [-0.4, -0.2) is 23.1 Å². The molecule has 0 unspecified atom stereocenters. The van der Waals surface area contributed by atoms with E-state index in [1.165, 1.54) is 11.3 Å². The number of carbonyl (C=O) groups is 1. The van der Waals surface area contributed by atoms with E-state index in [9.17, 15) is 4.79 Å². The van der Waals surface area contributed by atoms with Crippen LogP contribution in [0.3, 0.4) is 0 Å². The summed E-state index contributed by atoms with van der Waals surface area (Å²) in [4.78, 5) is 20.5. The van der Waals surface area contributed by atoms with Gasteiger partial charge in [0.05, 0.1) is 23.3 Å². The molecule has 4 rings (SSSR count). The van der Waals surface area contributed by atoms with E-state index < -0.39 is 6.03 Å². The Labute approximate surface area is 181 Å². The molecule has 0 atom stereocenters. The number of fused-ring (bicyclic) bond motifs is 1. The van der Waals surface area contributed by atoms with Gasteiger partial charge in [-0.2, -0.15) is 0 Å². The Hall–Kier alpha value is -3.36. The lowest BCUT2D eigenvalue weighted by atomic mass is 10.1. The molecule has 30 heavy (non-hydrogen) atoms. The highest BCUT2D eigenvalue weighted by atomic mass is 35.5. The Bertz CT molecular complexity index is 1210. The maximum Gasteiger partial charge on any atom is 0.325 e. The number of benzene rings is 2. The molecule has 2 aromatic heterocycles. The number of amides is 2. The number of nitrogens with zero attached hydrogens (tertiary/aromatic N) is 2. The third-order valence-electron chi connectivity index (χ3n) is 4.29. The van der Waals surface area contributed by atoms with Gasteiger partial charge in [0.15, 0.2) is 5.13 Å². The fraction of sp³-hybridized carbons (Fsp3) is 0.0952. The standard InChI is InChI=1S/C21H17ClN4O3S/c1-12-9-14-17(11-19(12)28-2)23-6-5-18(14)29-13-3-4-16(15(22)10-13)25-20(27)26-21-24-7-8-30-21/h3-11H,1-2H3,(H2,24,25,26,27). The number of rotatable bonds is 5. The Kier molecular flexibility index (Phi) is 5.69. The van der Waals surface area contributed by atoms with Gasteiger partial charge in [-0.15, -0.1) is 11.3 Å². The van der Waals surface area contributed by atoms with Gasteiger partial charge >= 0.3 is 6.03 Å². The number of aryl methyl sites for hydroxylation is 1. The van der Waals surface area contributed by atoms with E-state index in [1.807, 2.05) is 19.1 Å². The van der Waals surface area contributed by atoms with Crippen molar-refractivity contribution in [3.63, 3.8) is 0 Å². The molecular formula is C21H17ClN4O3S. The number of nitrogens with one attached hydrogen (secondary N) is 2. The first-order valence-electron chi connectivity index (χ1n) is 8.92. The molecule has 2 amide bonds. The maximum absolute atomic E-state index is 12.1. The summed E-state index contributed by atoms with van der Waals surface area (Å²) >= 11 is 7.66. The van der Waals surface area contributed by atoms with Crippen LogP contribution in [0, 0.1) is 6.92 Å². The number of halogens is 1. The smallest absolute Gasteiger partial charge is 0.325 e. The van der Waals surface area contributed by atoms with E-state index in [2.05, 4.69) is 20.6 Å². The van der Waals surface area contributed by atoms with E-state index in [4.69, 9.17) is 21.1 Å². The van der Waals surface area contributed by atoms with Crippen LogP contribution in [0.4, 0.5) is 15.6 Å². The highest BCUT2D eigenvalue weighted by Gasteiger charge is 2.11. The molecular weight excluding hydrogens is 424 g/mol.